The molecule has 2 aliphatic heterocycles. The fraction of sp³-hybridized carbons (Fsp3) is 0.643. The van der Waals surface area contributed by atoms with Crippen LogP contribution in [0.5, 0.6) is 0 Å². The molecule has 1 N–H and O–H groups in total. The van der Waals surface area contributed by atoms with E-state index >= 15 is 0 Å². The van der Waals surface area contributed by atoms with Crippen molar-refractivity contribution < 1.29 is 0 Å². The van der Waals surface area contributed by atoms with Crippen LogP contribution in [0.2, 0.25) is 5.15 Å². The van der Waals surface area contributed by atoms with Crippen molar-refractivity contribution in [1.82, 2.24) is 10.3 Å². The molecule has 0 aliphatic carbocycles. The summed E-state index contributed by atoms with van der Waals surface area (Å²) in [5.74, 6) is 1.72. The maximum absolute atomic E-state index is 5.99. The van der Waals surface area contributed by atoms with Gasteiger partial charge in [0.25, 0.3) is 0 Å². The molecule has 0 saturated carbocycles. The monoisotopic (exact) mass is 265 g/mol. The first kappa shape index (κ1) is 12.2. The first-order valence-electron chi connectivity index (χ1n) is 6.82. The summed E-state index contributed by atoms with van der Waals surface area (Å²) >= 11 is 5.99. The zero-order valence-electron chi connectivity index (χ0n) is 10.8. The Labute approximate surface area is 114 Å². The van der Waals surface area contributed by atoms with E-state index in [2.05, 4.69) is 21.3 Å². The van der Waals surface area contributed by atoms with Gasteiger partial charge in [-0.15, -0.1) is 0 Å². The molecule has 2 unspecified atom stereocenters. The van der Waals surface area contributed by atoms with Crippen LogP contribution >= 0.6 is 11.6 Å². The SMILES string of the molecule is Cc1cc(N2CCC3CNCCC3C2)cnc1Cl. The molecule has 0 radical (unpaired) electrons. The van der Waals surface area contributed by atoms with E-state index in [0.717, 1.165) is 23.9 Å². The highest BCUT2D eigenvalue weighted by molar-refractivity contribution is 6.30. The van der Waals surface area contributed by atoms with Gasteiger partial charge in [-0.1, -0.05) is 11.6 Å². The predicted octanol–water partition coefficient (Wildman–Crippen LogP) is 2.48. The third kappa shape index (κ3) is 2.34. The molecular formula is C14H20ClN3. The van der Waals surface area contributed by atoms with E-state index in [0.29, 0.717) is 5.15 Å². The number of piperidine rings is 2. The fourth-order valence-corrected chi connectivity index (χ4v) is 3.31. The Morgan fingerprint density at radius 3 is 3.11 bits per heavy atom. The summed E-state index contributed by atoms with van der Waals surface area (Å²) in [6.07, 6.45) is 4.51. The van der Waals surface area contributed by atoms with Gasteiger partial charge in [0, 0.05) is 13.1 Å². The summed E-state index contributed by atoms with van der Waals surface area (Å²) in [5.41, 5.74) is 2.30. The molecular weight excluding hydrogens is 246 g/mol. The Hall–Kier alpha value is -0.800. The molecule has 1 aromatic rings. The quantitative estimate of drug-likeness (QED) is 0.791. The second-order valence-corrected chi connectivity index (χ2v) is 5.91. The number of nitrogens with zero attached hydrogens (tertiary/aromatic N) is 2. The van der Waals surface area contributed by atoms with E-state index in [1.807, 2.05) is 13.1 Å². The number of rotatable bonds is 1. The lowest BCUT2D eigenvalue weighted by atomic mass is 9.81. The summed E-state index contributed by atoms with van der Waals surface area (Å²) in [5, 5.41) is 4.13. The molecule has 0 aromatic carbocycles. The fourth-order valence-electron chi connectivity index (χ4n) is 3.20. The molecule has 2 atom stereocenters. The van der Waals surface area contributed by atoms with Crippen LogP contribution in [-0.4, -0.2) is 31.2 Å². The van der Waals surface area contributed by atoms with Crippen LogP contribution in [0.25, 0.3) is 0 Å². The van der Waals surface area contributed by atoms with Crippen molar-refractivity contribution in [2.24, 2.45) is 11.8 Å². The maximum atomic E-state index is 5.99. The Kier molecular flexibility index (Phi) is 3.44. The Morgan fingerprint density at radius 1 is 1.39 bits per heavy atom. The first-order chi connectivity index (χ1) is 8.74. The summed E-state index contributed by atoms with van der Waals surface area (Å²) in [6.45, 7) is 6.72. The molecule has 1 aromatic heterocycles. The first-order valence-corrected chi connectivity index (χ1v) is 7.19. The number of aromatic nitrogens is 1. The number of halogens is 1. The zero-order chi connectivity index (χ0) is 12.5. The van der Waals surface area contributed by atoms with Crippen LogP contribution in [-0.2, 0) is 0 Å². The maximum Gasteiger partial charge on any atom is 0.132 e. The van der Waals surface area contributed by atoms with Gasteiger partial charge < -0.3 is 10.2 Å². The van der Waals surface area contributed by atoms with E-state index in [9.17, 15) is 0 Å². The minimum absolute atomic E-state index is 0.621. The molecule has 0 bridgehead atoms. The van der Waals surface area contributed by atoms with Crippen molar-refractivity contribution in [2.45, 2.75) is 19.8 Å². The number of pyridine rings is 1. The minimum atomic E-state index is 0.621. The number of fused-ring (bicyclic) bond motifs is 1. The molecule has 2 fully saturated rings. The summed E-state index contributed by atoms with van der Waals surface area (Å²) in [7, 11) is 0. The summed E-state index contributed by atoms with van der Waals surface area (Å²) in [6, 6.07) is 2.16. The summed E-state index contributed by atoms with van der Waals surface area (Å²) in [4.78, 5) is 6.74. The third-order valence-corrected chi connectivity index (χ3v) is 4.75. The van der Waals surface area contributed by atoms with Crippen LogP contribution in [0.4, 0.5) is 5.69 Å². The highest BCUT2D eigenvalue weighted by atomic mass is 35.5. The molecule has 0 amide bonds. The lowest BCUT2D eigenvalue weighted by Gasteiger charge is -2.42. The second-order valence-electron chi connectivity index (χ2n) is 5.55. The largest absolute Gasteiger partial charge is 0.370 e. The molecule has 2 saturated heterocycles. The van der Waals surface area contributed by atoms with Crippen molar-refractivity contribution in [3.8, 4) is 0 Å². The van der Waals surface area contributed by atoms with Gasteiger partial charge in [0.1, 0.15) is 5.15 Å². The standard InChI is InChI=1S/C14H20ClN3/c1-10-6-13(8-17-14(10)15)18-5-3-11-7-16-4-2-12(11)9-18/h6,8,11-12,16H,2-5,7,9H2,1H3. The highest BCUT2D eigenvalue weighted by Crippen LogP contribution is 2.31. The van der Waals surface area contributed by atoms with Gasteiger partial charge in [0.15, 0.2) is 0 Å². The molecule has 3 rings (SSSR count). The Bertz CT molecular complexity index is 435. The average molecular weight is 266 g/mol. The molecule has 3 nitrogen and oxygen atoms in total. The molecule has 0 spiro atoms. The van der Waals surface area contributed by atoms with Gasteiger partial charge in [-0.05, 0) is 56.3 Å². The van der Waals surface area contributed by atoms with Crippen molar-refractivity contribution in [2.75, 3.05) is 31.1 Å². The molecule has 4 heteroatoms. The van der Waals surface area contributed by atoms with Gasteiger partial charge in [-0.2, -0.15) is 0 Å². The van der Waals surface area contributed by atoms with Gasteiger partial charge >= 0.3 is 0 Å². The smallest absolute Gasteiger partial charge is 0.132 e. The molecule has 3 heterocycles. The van der Waals surface area contributed by atoms with E-state index < -0.39 is 0 Å². The van der Waals surface area contributed by atoms with Crippen LogP contribution < -0.4 is 10.2 Å². The third-order valence-electron chi connectivity index (χ3n) is 4.35. The summed E-state index contributed by atoms with van der Waals surface area (Å²) < 4.78 is 0. The second kappa shape index (κ2) is 5.06. The van der Waals surface area contributed by atoms with Crippen LogP contribution in [0.1, 0.15) is 18.4 Å². The number of hydrogen-bond donors (Lipinski definition) is 1. The van der Waals surface area contributed by atoms with Gasteiger partial charge in [-0.25, -0.2) is 4.98 Å². The van der Waals surface area contributed by atoms with Crippen molar-refractivity contribution in [3.05, 3.63) is 23.0 Å². The van der Waals surface area contributed by atoms with Crippen molar-refractivity contribution in [3.63, 3.8) is 0 Å². The minimum Gasteiger partial charge on any atom is -0.370 e. The number of aryl methyl sites for hydroxylation is 1. The van der Waals surface area contributed by atoms with E-state index in [4.69, 9.17) is 11.6 Å². The lowest BCUT2D eigenvalue weighted by Crippen LogP contribution is -2.48. The average Bonchev–Trinajstić information content (AvgIpc) is 2.41. The van der Waals surface area contributed by atoms with E-state index in [-0.39, 0.29) is 0 Å². The van der Waals surface area contributed by atoms with Gasteiger partial charge in [-0.3, -0.25) is 0 Å². The normalized spacial score (nSPS) is 28.0. The topological polar surface area (TPSA) is 28.2 Å². The van der Waals surface area contributed by atoms with E-state index in [1.54, 1.807) is 0 Å². The number of nitrogens with one attached hydrogen (secondary N) is 1. The molecule has 18 heavy (non-hydrogen) atoms. The van der Waals surface area contributed by atoms with Crippen LogP contribution in [0, 0.1) is 18.8 Å². The Balaban J connectivity index is 1.75. The number of hydrogen-bond acceptors (Lipinski definition) is 3. The van der Waals surface area contributed by atoms with Gasteiger partial charge in [0.05, 0.1) is 11.9 Å². The van der Waals surface area contributed by atoms with Crippen molar-refractivity contribution in [1.29, 1.82) is 0 Å². The zero-order valence-corrected chi connectivity index (χ0v) is 11.6. The molecule has 98 valence electrons. The lowest BCUT2D eigenvalue weighted by molar-refractivity contribution is 0.218. The van der Waals surface area contributed by atoms with Crippen molar-refractivity contribution >= 4 is 17.3 Å². The van der Waals surface area contributed by atoms with Crippen LogP contribution in [0.15, 0.2) is 12.3 Å². The highest BCUT2D eigenvalue weighted by Gasteiger charge is 2.31. The number of anilines is 1. The molecule has 2 aliphatic rings. The van der Waals surface area contributed by atoms with Crippen LogP contribution in [0.3, 0.4) is 0 Å². The predicted molar refractivity (Wildman–Crippen MR) is 75.3 cm³/mol. The van der Waals surface area contributed by atoms with E-state index in [1.165, 1.54) is 38.2 Å². The Morgan fingerprint density at radius 2 is 2.28 bits per heavy atom. The van der Waals surface area contributed by atoms with Gasteiger partial charge in [0.2, 0.25) is 0 Å².